The van der Waals surface area contributed by atoms with Crippen LogP contribution in [0.2, 0.25) is 0 Å². The second-order valence-corrected chi connectivity index (χ2v) is 6.05. The van der Waals surface area contributed by atoms with Crippen molar-refractivity contribution in [2.45, 2.75) is 31.2 Å². The van der Waals surface area contributed by atoms with Gasteiger partial charge in [0.15, 0.2) is 11.5 Å². The number of ether oxygens (including phenoxy) is 1. The highest BCUT2D eigenvalue weighted by Crippen LogP contribution is 2.44. The van der Waals surface area contributed by atoms with Crippen LogP contribution in [0.5, 0.6) is 5.75 Å². The first-order chi connectivity index (χ1) is 10.7. The van der Waals surface area contributed by atoms with E-state index in [0.717, 1.165) is 6.08 Å². The molecule has 2 aliphatic carbocycles. The van der Waals surface area contributed by atoms with Gasteiger partial charge in [-0.15, -0.1) is 0 Å². The Morgan fingerprint density at radius 3 is 2.57 bits per heavy atom. The molecule has 3 atom stereocenters. The van der Waals surface area contributed by atoms with Gasteiger partial charge in [-0.3, -0.25) is 9.59 Å². The van der Waals surface area contributed by atoms with Crippen molar-refractivity contribution in [3.05, 3.63) is 40.2 Å². The topological polar surface area (TPSA) is 124 Å². The lowest BCUT2D eigenvalue weighted by molar-refractivity contribution is -0.125. The largest absolute Gasteiger partial charge is 0.507 e. The van der Waals surface area contributed by atoms with Crippen LogP contribution in [-0.2, 0) is 11.2 Å². The van der Waals surface area contributed by atoms with Crippen molar-refractivity contribution in [1.29, 1.82) is 0 Å². The number of aromatic hydroxyl groups is 1. The third-order valence-electron chi connectivity index (χ3n) is 4.40. The summed E-state index contributed by atoms with van der Waals surface area (Å²) in [4.78, 5) is 24.5. The van der Waals surface area contributed by atoms with Crippen LogP contribution in [0.15, 0.2) is 17.9 Å². The first kappa shape index (κ1) is 15.7. The summed E-state index contributed by atoms with van der Waals surface area (Å²) < 4.78 is 4.86. The zero-order valence-electron chi connectivity index (χ0n) is 12.5. The third-order valence-corrected chi connectivity index (χ3v) is 4.40. The van der Waals surface area contributed by atoms with Gasteiger partial charge in [-0.25, -0.2) is 0 Å². The number of aliphatic hydroxyl groups excluding tert-OH is 2. The number of phenolic OH excluding ortho intramolecular Hbond substituents is 1. The highest BCUT2D eigenvalue weighted by molar-refractivity contribution is 6.25. The fourth-order valence-electron chi connectivity index (χ4n) is 3.17. The minimum absolute atomic E-state index is 0.0433. The molecule has 0 saturated carbocycles. The fourth-order valence-corrected chi connectivity index (χ4v) is 3.17. The van der Waals surface area contributed by atoms with Gasteiger partial charge in [0, 0.05) is 23.6 Å². The average Bonchev–Trinajstić information content (AvgIpc) is 2.47. The minimum Gasteiger partial charge on any atom is -0.507 e. The number of hydrogen-bond acceptors (Lipinski definition) is 7. The quantitative estimate of drug-likeness (QED) is 0.574. The lowest BCUT2D eigenvalue weighted by Crippen LogP contribution is -2.48. The van der Waals surface area contributed by atoms with Crippen molar-refractivity contribution < 1.29 is 34.8 Å². The highest BCUT2D eigenvalue weighted by Gasteiger charge is 2.45. The fraction of sp³-hybridized carbons (Fsp3) is 0.375. The Morgan fingerprint density at radius 1 is 1.30 bits per heavy atom. The molecule has 0 aromatic heterocycles. The summed E-state index contributed by atoms with van der Waals surface area (Å²) in [7, 11) is 1.26. The van der Waals surface area contributed by atoms with Crippen LogP contribution in [0.1, 0.15) is 44.9 Å². The lowest BCUT2D eigenvalue weighted by atomic mass is 9.74. The maximum Gasteiger partial charge on any atom is 0.228 e. The van der Waals surface area contributed by atoms with Crippen molar-refractivity contribution >= 4 is 11.6 Å². The monoisotopic (exact) mass is 320 g/mol. The summed E-state index contributed by atoms with van der Waals surface area (Å²) >= 11 is 0. The SMILES string of the molecule is COC1=CC(=O)c2c(cc3c(c2O)[C@H](O)[C@@H](O)[C@@](C)(O)C3)C1=O. The van der Waals surface area contributed by atoms with Crippen LogP contribution in [0.3, 0.4) is 0 Å². The van der Waals surface area contributed by atoms with Crippen molar-refractivity contribution in [3.8, 4) is 5.75 Å². The Labute approximate surface area is 131 Å². The molecule has 0 unspecified atom stereocenters. The molecule has 0 heterocycles. The number of ketones is 2. The number of Topliss-reactive ketones (excluding diaryl/α,β-unsaturated/α-hetero) is 1. The number of benzene rings is 1. The van der Waals surface area contributed by atoms with E-state index in [9.17, 15) is 30.0 Å². The van der Waals surface area contributed by atoms with Crippen LogP contribution in [0.25, 0.3) is 0 Å². The van der Waals surface area contributed by atoms with Gasteiger partial charge in [0.05, 0.1) is 18.3 Å². The van der Waals surface area contributed by atoms with Crippen molar-refractivity contribution in [1.82, 2.24) is 0 Å². The Morgan fingerprint density at radius 2 is 1.96 bits per heavy atom. The summed E-state index contributed by atoms with van der Waals surface area (Å²) in [5.41, 5.74) is -1.66. The molecule has 1 aromatic carbocycles. The molecule has 0 spiro atoms. The number of hydrogen-bond donors (Lipinski definition) is 4. The minimum atomic E-state index is -1.63. The van der Waals surface area contributed by atoms with E-state index in [0.29, 0.717) is 5.56 Å². The van der Waals surface area contributed by atoms with Gasteiger partial charge in [0.1, 0.15) is 18.0 Å². The van der Waals surface area contributed by atoms with Gasteiger partial charge in [0.25, 0.3) is 0 Å². The van der Waals surface area contributed by atoms with E-state index in [-0.39, 0.29) is 28.9 Å². The summed E-state index contributed by atoms with van der Waals surface area (Å²) in [5.74, 6) is -1.90. The molecule has 0 bridgehead atoms. The Balaban J connectivity index is 2.27. The number of carbonyl (C=O) groups is 2. The van der Waals surface area contributed by atoms with Gasteiger partial charge in [-0.2, -0.15) is 0 Å². The number of aliphatic hydroxyl groups is 3. The number of carbonyl (C=O) groups excluding carboxylic acids is 2. The highest BCUT2D eigenvalue weighted by atomic mass is 16.5. The second kappa shape index (κ2) is 4.89. The van der Waals surface area contributed by atoms with Crippen LogP contribution >= 0.6 is 0 Å². The second-order valence-electron chi connectivity index (χ2n) is 6.05. The standard InChI is InChI=1S/C16H16O7/c1-16(22)5-6-3-7-11(8(17)4-9(23-2)12(7)18)13(19)10(6)14(20)15(16)21/h3-4,14-15,19-22H,5H2,1-2H3/t14-,15+,16-/m0/s1. The molecule has 3 rings (SSSR count). The molecule has 1 aromatic rings. The average molecular weight is 320 g/mol. The Kier molecular flexibility index (Phi) is 3.33. The molecule has 0 saturated heterocycles. The summed E-state index contributed by atoms with van der Waals surface area (Å²) in [6, 6.07) is 1.35. The van der Waals surface area contributed by atoms with Gasteiger partial charge in [-0.05, 0) is 18.6 Å². The molecule has 7 nitrogen and oxygen atoms in total. The molecule has 23 heavy (non-hydrogen) atoms. The predicted octanol–water partition coefficient (Wildman–Crippen LogP) is 0.00290. The Hall–Kier alpha value is -2.22. The van der Waals surface area contributed by atoms with E-state index in [1.165, 1.54) is 20.1 Å². The molecule has 7 heteroatoms. The number of phenols is 1. The smallest absolute Gasteiger partial charge is 0.228 e. The van der Waals surface area contributed by atoms with E-state index in [4.69, 9.17) is 4.74 Å². The number of fused-ring (bicyclic) bond motifs is 2. The molecule has 2 aliphatic rings. The van der Waals surface area contributed by atoms with E-state index in [1.54, 1.807) is 0 Å². The normalized spacial score (nSPS) is 29.7. The molecular weight excluding hydrogens is 304 g/mol. The zero-order valence-corrected chi connectivity index (χ0v) is 12.5. The molecule has 0 amide bonds. The molecule has 122 valence electrons. The van der Waals surface area contributed by atoms with Gasteiger partial charge in [0.2, 0.25) is 5.78 Å². The van der Waals surface area contributed by atoms with E-state index in [2.05, 4.69) is 0 Å². The number of methoxy groups -OCH3 is 1. The first-order valence-corrected chi connectivity index (χ1v) is 7.01. The molecule has 0 aliphatic heterocycles. The number of rotatable bonds is 1. The predicted molar refractivity (Wildman–Crippen MR) is 77.2 cm³/mol. The molecule has 0 fully saturated rings. The van der Waals surface area contributed by atoms with Crippen molar-refractivity contribution in [3.63, 3.8) is 0 Å². The van der Waals surface area contributed by atoms with Crippen LogP contribution in [-0.4, -0.2) is 50.8 Å². The first-order valence-electron chi connectivity index (χ1n) is 7.01. The Bertz CT molecular complexity index is 760. The molecular formula is C16H16O7. The van der Waals surface area contributed by atoms with Crippen LogP contribution < -0.4 is 0 Å². The van der Waals surface area contributed by atoms with E-state index in [1.807, 2.05) is 0 Å². The zero-order chi connectivity index (χ0) is 17.1. The summed E-state index contributed by atoms with van der Waals surface area (Å²) in [6.07, 6.45) is -2.22. The van der Waals surface area contributed by atoms with Crippen molar-refractivity contribution in [2.75, 3.05) is 7.11 Å². The summed E-state index contributed by atoms with van der Waals surface area (Å²) in [5, 5.41) is 40.8. The van der Waals surface area contributed by atoms with Gasteiger partial charge >= 0.3 is 0 Å². The van der Waals surface area contributed by atoms with Crippen molar-refractivity contribution in [2.24, 2.45) is 0 Å². The number of allylic oxidation sites excluding steroid dienone is 2. The molecule has 0 radical (unpaired) electrons. The van der Waals surface area contributed by atoms with Crippen LogP contribution in [0, 0.1) is 0 Å². The molecule has 4 N–H and O–H groups in total. The summed E-state index contributed by atoms with van der Waals surface area (Å²) in [6.45, 7) is 1.34. The van der Waals surface area contributed by atoms with Crippen LogP contribution in [0.4, 0.5) is 0 Å². The lowest BCUT2D eigenvalue weighted by Gasteiger charge is -2.39. The van der Waals surface area contributed by atoms with Gasteiger partial charge in [-0.1, -0.05) is 0 Å². The third kappa shape index (κ3) is 2.08. The van der Waals surface area contributed by atoms with E-state index >= 15 is 0 Å². The maximum absolute atomic E-state index is 12.3. The van der Waals surface area contributed by atoms with E-state index < -0.39 is 35.1 Å². The van der Waals surface area contributed by atoms with Gasteiger partial charge < -0.3 is 25.2 Å². The maximum atomic E-state index is 12.3.